The van der Waals surface area contributed by atoms with E-state index < -0.39 is 10.0 Å². The molecule has 0 atom stereocenters. The smallest absolute Gasteiger partial charge is 0.251 e. The van der Waals surface area contributed by atoms with Crippen LogP contribution in [0.1, 0.15) is 21.5 Å². The molecule has 1 aliphatic rings. The molecule has 0 radical (unpaired) electrons. The highest BCUT2D eigenvalue weighted by molar-refractivity contribution is 7.89. The average molecular weight is 439 g/mol. The Morgan fingerprint density at radius 2 is 1.83 bits per heavy atom. The Balaban J connectivity index is 1.63. The van der Waals surface area contributed by atoms with E-state index >= 15 is 0 Å². The summed E-state index contributed by atoms with van der Waals surface area (Å²) >= 11 is 5.88. The van der Waals surface area contributed by atoms with Crippen LogP contribution in [-0.2, 0) is 23.0 Å². The number of sulfonamides is 1. The lowest BCUT2D eigenvalue weighted by molar-refractivity contribution is 0.0956. The number of carbonyl (C=O) groups is 1. The van der Waals surface area contributed by atoms with E-state index in [0.29, 0.717) is 35.1 Å². The van der Waals surface area contributed by atoms with Gasteiger partial charge in [0.05, 0.1) is 20.0 Å². The Hall–Kier alpha value is -2.29. The van der Waals surface area contributed by atoms with Gasteiger partial charge in [-0.2, -0.15) is 4.31 Å². The van der Waals surface area contributed by atoms with Gasteiger partial charge >= 0.3 is 0 Å². The number of nitrogens with one attached hydrogen (secondary N) is 1. The molecule has 0 spiro atoms. The number of fused-ring (bicyclic) bond motifs is 1. The molecule has 2 aromatic carbocycles. The number of rotatable bonds is 7. The quantitative estimate of drug-likeness (QED) is 0.717. The second kappa shape index (κ2) is 9.02. The Kier molecular flexibility index (Phi) is 6.66. The number of nitrogens with zero attached hydrogens (tertiary/aromatic N) is 1. The molecule has 0 fully saturated rings. The fraction of sp³-hybridized carbons (Fsp3) is 0.350. The first-order chi connectivity index (χ1) is 13.8. The van der Waals surface area contributed by atoms with Gasteiger partial charge in [0.2, 0.25) is 10.0 Å². The van der Waals surface area contributed by atoms with Crippen molar-refractivity contribution >= 4 is 27.5 Å². The highest BCUT2D eigenvalue weighted by Gasteiger charge is 2.27. The van der Waals surface area contributed by atoms with Crippen LogP contribution < -0.4 is 14.8 Å². The lowest BCUT2D eigenvalue weighted by Crippen LogP contribution is -2.40. The number of carbonyl (C=O) groups excluding carboxylic acids is 1. The van der Waals surface area contributed by atoms with E-state index in [2.05, 4.69) is 5.32 Å². The van der Waals surface area contributed by atoms with Gasteiger partial charge in [0.15, 0.2) is 11.5 Å². The summed E-state index contributed by atoms with van der Waals surface area (Å²) in [5.41, 5.74) is 2.33. The van der Waals surface area contributed by atoms with Crippen molar-refractivity contribution in [3.63, 3.8) is 0 Å². The summed E-state index contributed by atoms with van der Waals surface area (Å²) in [6.45, 7) is 0.663. The maximum atomic E-state index is 12.7. The largest absolute Gasteiger partial charge is 0.493 e. The maximum Gasteiger partial charge on any atom is 0.251 e. The number of ether oxygens (including phenoxy) is 2. The van der Waals surface area contributed by atoms with Crippen LogP contribution in [0.4, 0.5) is 0 Å². The topological polar surface area (TPSA) is 84.9 Å². The summed E-state index contributed by atoms with van der Waals surface area (Å²) < 4.78 is 37.5. The average Bonchev–Trinajstić information content (AvgIpc) is 2.72. The molecule has 0 saturated heterocycles. The lowest BCUT2D eigenvalue weighted by atomic mass is 10.0. The van der Waals surface area contributed by atoms with Crippen molar-refractivity contribution in [1.82, 2.24) is 9.62 Å². The first kappa shape index (κ1) is 21.4. The molecule has 2 aromatic rings. The standard InChI is InChI=1S/C20H23ClN2O5S/c1-27-18-11-14-6-8-23(13-16(14)12-19(18)28-2)29(25,26)9-7-22-20(24)15-4-3-5-17(21)10-15/h3-5,10-12H,6-9,13H2,1-2H3,(H,22,24). The molecule has 1 aliphatic heterocycles. The second-order valence-corrected chi connectivity index (χ2v) is 9.17. The maximum absolute atomic E-state index is 12.7. The van der Waals surface area contributed by atoms with E-state index in [-0.39, 0.29) is 24.7 Å². The summed E-state index contributed by atoms with van der Waals surface area (Å²) in [6, 6.07) is 10.2. The highest BCUT2D eigenvalue weighted by Crippen LogP contribution is 2.33. The van der Waals surface area contributed by atoms with Crippen LogP contribution in [0.2, 0.25) is 5.02 Å². The van der Waals surface area contributed by atoms with E-state index in [1.165, 1.54) is 10.4 Å². The molecule has 9 heteroatoms. The normalized spacial score (nSPS) is 14.2. The van der Waals surface area contributed by atoms with Gasteiger partial charge in [0.25, 0.3) is 5.91 Å². The SMILES string of the molecule is COc1cc2c(cc1OC)CN(S(=O)(=O)CCNC(=O)c1cccc(Cl)c1)CC2. The minimum absolute atomic E-state index is 0.0168. The molecular weight excluding hydrogens is 416 g/mol. The van der Waals surface area contributed by atoms with Crippen LogP contribution >= 0.6 is 11.6 Å². The van der Waals surface area contributed by atoms with Crippen molar-refractivity contribution in [3.05, 3.63) is 58.1 Å². The Morgan fingerprint density at radius 1 is 1.14 bits per heavy atom. The van der Waals surface area contributed by atoms with Crippen molar-refractivity contribution < 1.29 is 22.7 Å². The number of amides is 1. The summed E-state index contributed by atoms with van der Waals surface area (Å²) in [7, 11) is -0.410. The van der Waals surface area contributed by atoms with Crippen LogP contribution in [0.3, 0.4) is 0 Å². The minimum Gasteiger partial charge on any atom is -0.493 e. The summed E-state index contributed by atoms with van der Waals surface area (Å²) in [5.74, 6) is 0.663. The number of hydrogen-bond acceptors (Lipinski definition) is 5. The Bertz CT molecular complexity index is 1010. The predicted molar refractivity (Wildman–Crippen MR) is 111 cm³/mol. The zero-order valence-corrected chi connectivity index (χ0v) is 17.8. The van der Waals surface area contributed by atoms with E-state index in [0.717, 1.165) is 11.1 Å². The molecule has 3 rings (SSSR count). The fourth-order valence-corrected chi connectivity index (χ4v) is 4.76. The predicted octanol–water partition coefficient (Wildman–Crippen LogP) is 2.48. The van der Waals surface area contributed by atoms with Crippen LogP contribution in [0.15, 0.2) is 36.4 Å². The fourth-order valence-electron chi connectivity index (χ4n) is 3.25. The van der Waals surface area contributed by atoms with E-state index in [1.54, 1.807) is 32.4 Å². The first-order valence-electron chi connectivity index (χ1n) is 9.09. The third kappa shape index (κ3) is 5.01. The molecule has 0 bridgehead atoms. The van der Waals surface area contributed by atoms with E-state index in [9.17, 15) is 13.2 Å². The molecule has 7 nitrogen and oxygen atoms in total. The zero-order valence-electron chi connectivity index (χ0n) is 16.3. The number of halogens is 1. The monoisotopic (exact) mass is 438 g/mol. The van der Waals surface area contributed by atoms with Crippen LogP contribution in [0.25, 0.3) is 0 Å². The van der Waals surface area contributed by atoms with Crippen LogP contribution in [0.5, 0.6) is 11.5 Å². The van der Waals surface area contributed by atoms with Gasteiger partial charge in [-0.15, -0.1) is 0 Å². The lowest BCUT2D eigenvalue weighted by Gasteiger charge is -2.29. The van der Waals surface area contributed by atoms with Crippen molar-refractivity contribution in [1.29, 1.82) is 0 Å². The third-order valence-corrected chi connectivity index (χ3v) is 6.86. The van der Waals surface area contributed by atoms with Crippen LogP contribution in [0, 0.1) is 0 Å². The molecule has 1 amide bonds. The molecule has 0 aromatic heterocycles. The zero-order chi connectivity index (χ0) is 21.0. The van der Waals surface area contributed by atoms with E-state index in [1.807, 2.05) is 12.1 Å². The van der Waals surface area contributed by atoms with Crippen molar-refractivity contribution in [3.8, 4) is 11.5 Å². The highest BCUT2D eigenvalue weighted by atomic mass is 35.5. The molecular formula is C20H23ClN2O5S. The number of methoxy groups -OCH3 is 2. The minimum atomic E-state index is -3.53. The molecule has 0 aliphatic carbocycles. The third-order valence-electron chi connectivity index (χ3n) is 4.81. The molecule has 29 heavy (non-hydrogen) atoms. The molecule has 1 heterocycles. The molecule has 0 saturated carbocycles. The Labute approximate surface area is 175 Å². The second-order valence-electron chi connectivity index (χ2n) is 6.64. The summed E-state index contributed by atoms with van der Waals surface area (Å²) in [5, 5.41) is 3.08. The van der Waals surface area contributed by atoms with Crippen molar-refractivity contribution in [2.45, 2.75) is 13.0 Å². The van der Waals surface area contributed by atoms with Gasteiger partial charge in [-0.05, 0) is 47.9 Å². The molecule has 0 unspecified atom stereocenters. The van der Waals surface area contributed by atoms with Crippen molar-refractivity contribution in [2.75, 3.05) is 33.1 Å². The van der Waals surface area contributed by atoms with Gasteiger partial charge in [0, 0.05) is 30.2 Å². The van der Waals surface area contributed by atoms with Gasteiger partial charge in [0.1, 0.15) is 0 Å². The number of hydrogen-bond donors (Lipinski definition) is 1. The van der Waals surface area contributed by atoms with Crippen molar-refractivity contribution in [2.24, 2.45) is 0 Å². The van der Waals surface area contributed by atoms with Gasteiger partial charge in [-0.1, -0.05) is 17.7 Å². The van der Waals surface area contributed by atoms with Gasteiger partial charge < -0.3 is 14.8 Å². The molecule has 1 N–H and O–H groups in total. The number of benzene rings is 2. The van der Waals surface area contributed by atoms with Crippen LogP contribution in [-0.4, -0.2) is 51.7 Å². The van der Waals surface area contributed by atoms with Gasteiger partial charge in [-0.25, -0.2) is 8.42 Å². The Morgan fingerprint density at radius 3 is 2.48 bits per heavy atom. The summed E-state index contributed by atoms with van der Waals surface area (Å²) in [6.07, 6.45) is 0.587. The summed E-state index contributed by atoms with van der Waals surface area (Å²) in [4.78, 5) is 12.1. The first-order valence-corrected chi connectivity index (χ1v) is 11.1. The molecule has 156 valence electrons. The van der Waals surface area contributed by atoms with E-state index in [4.69, 9.17) is 21.1 Å². The van der Waals surface area contributed by atoms with Gasteiger partial charge in [-0.3, -0.25) is 4.79 Å².